The number of pyridine rings is 1. The second-order valence-electron chi connectivity index (χ2n) is 8.89. The Labute approximate surface area is 163 Å². The zero-order chi connectivity index (χ0) is 20.1. The Morgan fingerprint density at radius 2 is 1.52 bits per heavy atom. The summed E-state index contributed by atoms with van der Waals surface area (Å²) in [5.41, 5.74) is 9.40. The number of aromatic nitrogens is 3. The summed E-state index contributed by atoms with van der Waals surface area (Å²) in [6.45, 7) is 13.5. The van der Waals surface area contributed by atoms with Gasteiger partial charge in [-0.15, -0.1) is 0 Å². The fourth-order valence-corrected chi connectivity index (χ4v) is 4.18. The zero-order valence-electron chi connectivity index (χ0n) is 18.3. The highest BCUT2D eigenvalue weighted by Crippen LogP contribution is 2.35. The molecule has 3 rings (SSSR count). The van der Waals surface area contributed by atoms with Gasteiger partial charge in [0.25, 0.3) is 5.82 Å². The third-order valence-electron chi connectivity index (χ3n) is 5.63. The first-order chi connectivity index (χ1) is 12.5. The van der Waals surface area contributed by atoms with Gasteiger partial charge in [0.15, 0.2) is 6.20 Å². The number of benzene rings is 1. The zero-order valence-corrected chi connectivity index (χ0v) is 18.3. The average molecular weight is 364 g/mol. The molecule has 0 spiro atoms. The summed E-state index contributed by atoms with van der Waals surface area (Å²) in [6.07, 6.45) is 6.51. The maximum atomic E-state index is 2.32. The summed E-state index contributed by atoms with van der Waals surface area (Å²) < 4.78 is 6.69. The molecule has 0 saturated carbocycles. The molecule has 142 valence electrons. The molecule has 0 amide bonds. The minimum atomic E-state index is 0.148. The van der Waals surface area contributed by atoms with Crippen LogP contribution in [-0.4, -0.2) is 4.57 Å². The van der Waals surface area contributed by atoms with E-state index >= 15 is 0 Å². The van der Waals surface area contributed by atoms with Crippen LogP contribution >= 0.6 is 0 Å². The first-order valence-electron chi connectivity index (χ1n) is 9.65. The van der Waals surface area contributed by atoms with Crippen LogP contribution in [0.2, 0.25) is 0 Å². The minimum absolute atomic E-state index is 0.148. The van der Waals surface area contributed by atoms with Crippen molar-refractivity contribution in [3.63, 3.8) is 0 Å². The number of imidazole rings is 1. The fraction of sp³-hybridized carbons (Fsp3) is 0.417. The first-order valence-corrected chi connectivity index (χ1v) is 9.65. The first kappa shape index (κ1) is 19.3. The Hall–Kier alpha value is -2.42. The lowest BCUT2D eigenvalue weighted by molar-refractivity contribution is -0.661. The van der Waals surface area contributed by atoms with E-state index in [1.807, 2.05) is 0 Å². The van der Waals surface area contributed by atoms with Gasteiger partial charge >= 0.3 is 0 Å². The van der Waals surface area contributed by atoms with Crippen molar-refractivity contribution in [2.45, 2.75) is 47.0 Å². The van der Waals surface area contributed by atoms with Crippen LogP contribution in [0.25, 0.3) is 22.6 Å². The van der Waals surface area contributed by atoms with Crippen molar-refractivity contribution in [3.05, 3.63) is 59.0 Å². The largest absolute Gasteiger partial charge is 0.288 e. The van der Waals surface area contributed by atoms with Gasteiger partial charge in [-0.25, -0.2) is 13.7 Å². The summed E-state index contributed by atoms with van der Waals surface area (Å²) in [5, 5.41) is 0. The van der Waals surface area contributed by atoms with Crippen molar-refractivity contribution in [3.8, 4) is 22.6 Å². The topological polar surface area (TPSA) is 12.7 Å². The molecule has 2 aromatic heterocycles. The third-order valence-corrected chi connectivity index (χ3v) is 5.63. The van der Waals surface area contributed by atoms with E-state index in [4.69, 9.17) is 0 Å². The number of rotatable bonds is 2. The van der Waals surface area contributed by atoms with Crippen LogP contribution in [0.1, 0.15) is 43.0 Å². The molecule has 0 aliphatic heterocycles. The number of hydrogen-bond acceptors (Lipinski definition) is 0. The van der Waals surface area contributed by atoms with E-state index in [9.17, 15) is 0 Å². The van der Waals surface area contributed by atoms with Gasteiger partial charge in [0, 0.05) is 11.6 Å². The highest BCUT2D eigenvalue weighted by atomic mass is 15.1. The van der Waals surface area contributed by atoms with E-state index in [0.29, 0.717) is 0 Å². The average Bonchev–Trinajstić information content (AvgIpc) is 2.87. The summed E-state index contributed by atoms with van der Waals surface area (Å²) in [5.74, 6) is 1.24. The Morgan fingerprint density at radius 3 is 2.04 bits per heavy atom. The maximum Gasteiger partial charge on any atom is 0.288 e. The molecule has 0 bridgehead atoms. The minimum Gasteiger partial charge on any atom is -0.233 e. The van der Waals surface area contributed by atoms with Crippen molar-refractivity contribution < 1.29 is 9.13 Å². The van der Waals surface area contributed by atoms with E-state index < -0.39 is 0 Å². The summed E-state index contributed by atoms with van der Waals surface area (Å²) >= 11 is 0. The normalized spacial score (nSPS) is 11.9. The van der Waals surface area contributed by atoms with Gasteiger partial charge in [-0.3, -0.25) is 0 Å². The van der Waals surface area contributed by atoms with Crippen molar-refractivity contribution in [1.82, 2.24) is 4.57 Å². The van der Waals surface area contributed by atoms with Gasteiger partial charge in [0.2, 0.25) is 5.69 Å². The van der Waals surface area contributed by atoms with Crippen LogP contribution in [0.3, 0.4) is 0 Å². The molecular weight excluding hydrogens is 330 g/mol. The van der Waals surface area contributed by atoms with E-state index in [2.05, 4.69) is 113 Å². The van der Waals surface area contributed by atoms with Gasteiger partial charge < -0.3 is 0 Å². The maximum absolute atomic E-state index is 2.32. The fourth-order valence-electron chi connectivity index (χ4n) is 4.18. The molecule has 3 nitrogen and oxygen atoms in total. The van der Waals surface area contributed by atoms with E-state index in [0.717, 1.165) is 0 Å². The summed E-state index contributed by atoms with van der Waals surface area (Å²) in [4.78, 5) is 0. The molecule has 2 heterocycles. The molecule has 3 aromatic rings. The van der Waals surface area contributed by atoms with E-state index in [-0.39, 0.29) is 5.41 Å². The Balaban J connectivity index is 2.28. The Kier molecular flexibility index (Phi) is 4.75. The molecular formula is C24H33N3+2. The quantitative estimate of drug-likeness (QED) is 0.604. The standard InChI is InChI=1S/C24H33N3/c1-16-14-17(2)22(23-25(7)12-13-26(23)8)18(3)21(16)20-11-10-19(15-27(20)9)24(4,5)6/h10-15H,1-9H3/q+2. The van der Waals surface area contributed by atoms with Gasteiger partial charge in [-0.2, -0.15) is 0 Å². The molecule has 0 aliphatic rings. The SMILES string of the molecule is Cc1cc(C)c(-c2n(C)cc[n+]2C)c(C)c1-c1ccc(C(C)(C)C)c[n+]1C. The van der Waals surface area contributed by atoms with Crippen molar-refractivity contribution in [1.29, 1.82) is 0 Å². The molecule has 0 saturated heterocycles. The molecule has 27 heavy (non-hydrogen) atoms. The smallest absolute Gasteiger partial charge is 0.233 e. The molecule has 3 heteroatoms. The monoisotopic (exact) mass is 363 g/mol. The van der Waals surface area contributed by atoms with E-state index in [1.54, 1.807) is 0 Å². The third kappa shape index (κ3) is 3.31. The van der Waals surface area contributed by atoms with Crippen LogP contribution in [0.15, 0.2) is 36.8 Å². The number of aryl methyl sites for hydroxylation is 5. The highest BCUT2D eigenvalue weighted by molar-refractivity contribution is 5.77. The second-order valence-corrected chi connectivity index (χ2v) is 8.89. The van der Waals surface area contributed by atoms with Gasteiger partial charge in [-0.1, -0.05) is 26.8 Å². The van der Waals surface area contributed by atoms with Gasteiger partial charge in [0.1, 0.15) is 19.4 Å². The molecule has 0 fully saturated rings. The summed E-state index contributed by atoms with van der Waals surface area (Å²) in [7, 11) is 6.39. The van der Waals surface area contributed by atoms with Crippen LogP contribution in [0.4, 0.5) is 0 Å². The Bertz CT molecular complexity index is 998. The molecule has 0 aliphatic carbocycles. The van der Waals surface area contributed by atoms with Gasteiger partial charge in [0.05, 0.1) is 25.2 Å². The predicted molar refractivity (Wildman–Crippen MR) is 112 cm³/mol. The van der Waals surface area contributed by atoms with Crippen LogP contribution in [0.5, 0.6) is 0 Å². The molecule has 1 aromatic carbocycles. The molecule has 0 atom stereocenters. The highest BCUT2D eigenvalue weighted by Gasteiger charge is 2.26. The van der Waals surface area contributed by atoms with Crippen molar-refractivity contribution in [2.24, 2.45) is 21.1 Å². The van der Waals surface area contributed by atoms with Crippen LogP contribution in [-0.2, 0) is 26.6 Å². The predicted octanol–water partition coefficient (Wildman–Crippen LogP) is 4.23. The van der Waals surface area contributed by atoms with Gasteiger partial charge in [-0.05, 0) is 48.9 Å². The number of nitrogens with zero attached hydrogens (tertiary/aromatic N) is 3. The van der Waals surface area contributed by atoms with Crippen LogP contribution < -0.4 is 9.13 Å². The second kappa shape index (κ2) is 6.63. The summed E-state index contributed by atoms with van der Waals surface area (Å²) in [6, 6.07) is 6.87. The lowest BCUT2D eigenvalue weighted by Gasteiger charge is -2.19. The molecule has 0 N–H and O–H groups in total. The van der Waals surface area contributed by atoms with Crippen LogP contribution in [0, 0.1) is 20.8 Å². The number of hydrogen-bond donors (Lipinski definition) is 0. The Morgan fingerprint density at radius 1 is 0.889 bits per heavy atom. The lowest BCUT2D eigenvalue weighted by atomic mass is 9.87. The van der Waals surface area contributed by atoms with E-state index in [1.165, 1.54) is 44.9 Å². The molecule has 0 radical (unpaired) electrons. The molecule has 0 unspecified atom stereocenters. The van der Waals surface area contributed by atoms with Crippen molar-refractivity contribution in [2.75, 3.05) is 0 Å². The lowest BCUT2D eigenvalue weighted by Crippen LogP contribution is -2.34. The van der Waals surface area contributed by atoms with Crippen molar-refractivity contribution >= 4 is 0 Å².